The Morgan fingerprint density at radius 1 is 1.09 bits per heavy atom. The Morgan fingerprint density at radius 3 is 2.29 bits per heavy atom. The Morgan fingerprint density at radius 2 is 1.71 bits per heavy atom. The average molecular weight is 559 g/mol. The molecule has 0 saturated heterocycles. The number of aliphatic hydroxyl groups excluding tert-OH is 3. The van der Waals surface area contributed by atoms with Crippen molar-refractivity contribution in [2.24, 2.45) is 11.6 Å². The van der Waals surface area contributed by atoms with Crippen molar-refractivity contribution in [3.63, 3.8) is 0 Å². The lowest BCUT2D eigenvalue weighted by atomic mass is 9.78. The van der Waals surface area contributed by atoms with Crippen LogP contribution in [0.15, 0.2) is 58.8 Å². The van der Waals surface area contributed by atoms with E-state index in [9.17, 15) is 10.2 Å². The summed E-state index contributed by atoms with van der Waals surface area (Å²) in [5, 5.41) is 29.8. The van der Waals surface area contributed by atoms with Crippen LogP contribution in [0.3, 0.4) is 0 Å². The minimum absolute atomic E-state index is 0.0517. The average Bonchev–Trinajstić information content (AvgIpc) is 2.81. The van der Waals surface area contributed by atoms with Gasteiger partial charge in [0.25, 0.3) is 0 Å². The quantitative estimate of drug-likeness (QED) is 0.144. The van der Waals surface area contributed by atoms with Crippen molar-refractivity contribution in [2.75, 3.05) is 32.2 Å². The molecule has 0 spiro atoms. The van der Waals surface area contributed by atoms with Crippen molar-refractivity contribution in [2.45, 2.75) is 31.5 Å². The summed E-state index contributed by atoms with van der Waals surface area (Å²) in [6, 6.07) is 13.5. The van der Waals surface area contributed by atoms with Crippen molar-refractivity contribution < 1.29 is 24.8 Å². The lowest BCUT2D eigenvalue weighted by Crippen LogP contribution is -2.37. The predicted octanol–water partition coefficient (Wildman–Crippen LogP) is 2.46. The molecule has 8 nitrogen and oxygen atoms in total. The van der Waals surface area contributed by atoms with Gasteiger partial charge in [0.1, 0.15) is 36.9 Å². The first-order chi connectivity index (χ1) is 16.1. The minimum atomic E-state index is -0.840. The second-order valence-corrected chi connectivity index (χ2v) is 9.60. The molecule has 2 rings (SSSR count). The van der Waals surface area contributed by atoms with E-state index in [1.807, 2.05) is 42.5 Å². The molecule has 0 saturated carbocycles. The van der Waals surface area contributed by atoms with Gasteiger partial charge in [-0.05, 0) is 51.3 Å². The number of hydrazine groups is 1. The molecule has 10 heteroatoms. The number of rotatable bonds is 13. The maximum absolute atomic E-state index is 10.1. The van der Waals surface area contributed by atoms with Crippen LogP contribution in [0.1, 0.15) is 25.0 Å². The predicted molar refractivity (Wildman–Crippen MR) is 137 cm³/mol. The number of alkyl halides is 1. The molecule has 0 unspecified atom stereocenters. The molecule has 0 aliphatic rings. The standard InChI is InChI=1S/C24H33BrClN3O5/c1-24(2,17-5-8-23(22(25)9-17)34-14-19(31)10-26)16-3-6-21(7-4-16)33-15-20(32)12-29(28)11-18(27)13-30/h3-9,11,19-20,30-32H,10,12-15,27-28H2,1-2H3/b18-11-/t19-,20+/m0/s1. The van der Waals surface area contributed by atoms with Gasteiger partial charge in [-0.15, -0.1) is 11.6 Å². The second kappa shape index (κ2) is 13.2. The van der Waals surface area contributed by atoms with Crippen molar-refractivity contribution in [1.82, 2.24) is 5.01 Å². The lowest BCUT2D eigenvalue weighted by molar-refractivity contribution is 0.0815. The Hall–Kier alpha value is -2.01. The van der Waals surface area contributed by atoms with E-state index in [0.717, 1.165) is 15.6 Å². The molecule has 0 aliphatic heterocycles. The van der Waals surface area contributed by atoms with Gasteiger partial charge in [0.2, 0.25) is 0 Å². The van der Waals surface area contributed by atoms with Crippen LogP contribution < -0.4 is 21.1 Å². The fourth-order valence-electron chi connectivity index (χ4n) is 3.17. The van der Waals surface area contributed by atoms with E-state index >= 15 is 0 Å². The molecule has 0 fully saturated rings. The van der Waals surface area contributed by atoms with E-state index in [1.54, 1.807) is 0 Å². The van der Waals surface area contributed by atoms with Gasteiger partial charge in [-0.25, -0.2) is 5.84 Å². The van der Waals surface area contributed by atoms with Crippen LogP contribution >= 0.6 is 27.5 Å². The summed E-state index contributed by atoms with van der Waals surface area (Å²) in [6.07, 6.45) is -0.199. The number of nitrogens with zero attached hydrogens (tertiary/aromatic N) is 1. The molecule has 0 aliphatic carbocycles. The van der Waals surface area contributed by atoms with Crippen LogP contribution in [-0.4, -0.2) is 64.8 Å². The summed E-state index contributed by atoms with van der Waals surface area (Å²) in [4.78, 5) is 0. The van der Waals surface area contributed by atoms with E-state index in [0.29, 0.717) is 11.5 Å². The van der Waals surface area contributed by atoms with Crippen molar-refractivity contribution >= 4 is 27.5 Å². The van der Waals surface area contributed by atoms with E-state index in [1.165, 1.54) is 11.2 Å². The van der Waals surface area contributed by atoms with Gasteiger partial charge in [-0.2, -0.15) is 0 Å². The molecule has 34 heavy (non-hydrogen) atoms. The fourth-order valence-corrected chi connectivity index (χ4v) is 3.75. The number of halogens is 2. The first kappa shape index (κ1) is 28.2. The Labute approximate surface area is 213 Å². The van der Waals surface area contributed by atoms with E-state index in [2.05, 4.69) is 29.8 Å². The molecule has 0 radical (unpaired) electrons. The highest BCUT2D eigenvalue weighted by atomic mass is 79.9. The highest BCUT2D eigenvalue weighted by molar-refractivity contribution is 9.10. The van der Waals surface area contributed by atoms with Gasteiger partial charge in [0.05, 0.1) is 29.2 Å². The third kappa shape index (κ3) is 8.33. The number of hydrogen-bond acceptors (Lipinski definition) is 8. The highest BCUT2D eigenvalue weighted by Crippen LogP contribution is 2.36. The molecule has 2 aromatic carbocycles. The molecular weight excluding hydrogens is 526 g/mol. The number of nitrogens with two attached hydrogens (primary N) is 2. The molecule has 2 atom stereocenters. The maximum atomic E-state index is 10.1. The Kier molecular flexibility index (Phi) is 10.9. The van der Waals surface area contributed by atoms with Crippen LogP contribution in [0.5, 0.6) is 11.5 Å². The van der Waals surface area contributed by atoms with Gasteiger partial charge in [-0.1, -0.05) is 32.0 Å². The topological polar surface area (TPSA) is 134 Å². The Bertz CT molecular complexity index is 943. The highest BCUT2D eigenvalue weighted by Gasteiger charge is 2.24. The smallest absolute Gasteiger partial charge is 0.133 e. The molecular formula is C24H33BrClN3O5. The molecule has 0 bridgehead atoms. The normalized spacial score (nSPS) is 13.9. The summed E-state index contributed by atoms with van der Waals surface area (Å²) in [6.45, 7) is 4.21. The summed E-state index contributed by atoms with van der Waals surface area (Å²) in [7, 11) is 0. The SMILES string of the molecule is CC(C)(c1ccc(OC[C@H](O)CN(N)/C=C(\N)CO)cc1)c1ccc(OC[C@@H](O)CCl)c(Br)c1. The van der Waals surface area contributed by atoms with Gasteiger partial charge >= 0.3 is 0 Å². The molecule has 2 aromatic rings. The zero-order valence-electron chi connectivity index (χ0n) is 19.3. The molecule has 188 valence electrons. The van der Waals surface area contributed by atoms with Crippen LogP contribution in [0.25, 0.3) is 0 Å². The zero-order chi connectivity index (χ0) is 25.3. The van der Waals surface area contributed by atoms with Crippen LogP contribution in [-0.2, 0) is 5.41 Å². The maximum Gasteiger partial charge on any atom is 0.133 e. The fraction of sp³-hybridized carbons (Fsp3) is 0.417. The molecule has 0 heterocycles. The minimum Gasteiger partial charge on any atom is -0.491 e. The second-order valence-electron chi connectivity index (χ2n) is 8.44. The Balaban J connectivity index is 1.99. The molecule has 7 N–H and O–H groups in total. The van der Waals surface area contributed by atoms with Crippen LogP contribution in [0.4, 0.5) is 0 Å². The summed E-state index contributed by atoms with van der Waals surface area (Å²) >= 11 is 9.16. The third-order valence-electron chi connectivity index (χ3n) is 5.22. The third-order valence-corrected chi connectivity index (χ3v) is 6.19. The molecule has 0 amide bonds. The van der Waals surface area contributed by atoms with E-state index < -0.39 is 12.2 Å². The zero-order valence-corrected chi connectivity index (χ0v) is 21.7. The van der Waals surface area contributed by atoms with Crippen LogP contribution in [0, 0.1) is 0 Å². The van der Waals surface area contributed by atoms with Gasteiger partial charge < -0.3 is 35.5 Å². The largest absolute Gasteiger partial charge is 0.491 e. The van der Waals surface area contributed by atoms with Crippen molar-refractivity contribution in [1.29, 1.82) is 0 Å². The monoisotopic (exact) mass is 557 g/mol. The number of benzene rings is 2. The first-order valence-electron chi connectivity index (χ1n) is 10.7. The van der Waals surface area contributed by atoms with E-state index in [-0.39, 0.29) is 43.4 Å². The van der Waals surface area contributed by atoms with Gasteiger partial charge in [0, 0.05) is 11.6 Å². The number of ether oxygens (including phenoxy) is 2. The summed E-state index contributed by atoms with van der Waals surface area (Å²) in [5.74, 6) is 7.09. The number of aliphatic hydroxyl groups is 3. The van der Waals surface area contributed by atoms with Crippen LogP contribution in [0.2, 0.25) is 0 Å². The van der Waals surface area contributed by atoms with E-state index in [4.69, 9.17) is 37.8 Å². The van der Waals surface area contributed by atoms with Gasteiger partial charge in [-0.3, -0.25) is 0 Å². The summed E-state index contributed by atoms with van der Waals surface area (Å²) in [5.41, 5.74) is 7.57. The lowest BCUT2D eigenvalue weighted by Gasteiger charge is -2.27. The van der Waals surface area contributed by atoms with Gasteiger partial charge in [0.15, 0.2) is 0 Å². The first-order valence-corrected chi connectivity index (χ1v) is 12.1. The summed E-state index contributed by atoms with van der Waals surface area (Å²) < 4.78 is 12.1. The molecule has 0 aromatic heterocycles. The van der Waals surface area contributed by atoms with Crippen molar-refractivity contribution in [3.8, 4) is 11.5 Å². The van der Waals surface area contributed by atoms with Crippen molar-refractivity contribution in [3.05, 3.63) is 70.0 Å². The number of hydrogen-bond donors (Lipinski definition) is 5.